The molecule has 0 aromatic carbocycles. The maximum atomic E-state index is 11.4. The monoisotopic (exact) mass is 202 g/mol. The van der Waals surface area contributed by atoms with Crippen LogP contribution in [0, 0.1) is 5.92 Å². The second-order valence-corrected chi connectivity index (χ2v) is 3.48. The molecular formula is C9H18N2O3. The Kier molecular flexibility index (Phi) is 5.15. The van der Waals surface area contributed by atoms with E-state index in [1.165, 1.54) is 6.92 Å². The predicted octanol–water partition coefficient (Wildman–Crippen LogP) is -0.0509. The molecule has 1 unspecified atom stereocenters. The normalized spacial score (nSPS) is 16.9. The molecule has 0 radical (unpaired) electrons. The van der Waals surface area contributed by atoms with Crippen molar-refractivity contribution in [2.75, 3.05) is 0 Å². The van der Waals surface area contributed by atoms with Crippen molar-refractivity contribution in [2.24, 2.45) is 11.7 Å². The van der Waals surface area contributed by atoms with Crippen molar-refractivity contribution in [3.8, 4) is 0 Å². The Bertz CT molecular complexity index is 218. The zero-order chi connectivity index (χ0) is 11.3. The lowest BCUT2D eigenvalue weighted by Crippen LogP contribution is -2.49. The number of aliphatic carboxylic acids is 1. The Labute approximate surface area is 83.7 Å². The highest BCUT2D eigenvalue weighted by Crippen LogP contribution is 2.05. The van der Waals surface area contributed by atoms with Crippen molar-refractivity contribution < 1.29 is 14.7 Å². The molecule has 14 heavy (non-hydrogen) atoms. The van der Waals surface area contributed by atoms with E-state index in [1.807, 2.05) is 13.8 Å². The summed E-state index contributed by atoms with van der Waals surface area (Å²) in [7, 11) is 0. The first-order valence-corrected chi connectivity index (χ1v) is 4.68. The highest BCUT2D eigenvalue weighted by Gasteiger charge is 2.22. The average Bonchev–Trinajstić information content (AvgIpc) is 2.14. The molecule has 0 heterocycles. The molecule has 3 atom stereocenters. The van der Waals surface area contributed by atoms with Gasteiger partial charge in [-0.05, 0) is 12.8 Å². The number of nitrogens with two attached hydrogens (primary N) is 1. The number of hydrogen-bond acceptors (Lipinski definition) is 3. The van der Waals surface area contributed by atoms with Gasteiger partial charge >= 0.3 is 5.97 Å². The minimum Gasteiger partial charge on any atom is -0.480 e. The molecule has 0 saturated carbocycles. The fourth-order valence-corrected chi connectivity index (χ4v) is 0.884. The highest BCUT2D eigenvalue weighted by molar-refractivity contribution is 5.86. The van der Waals surface area contributed by atoms with Gasteiger partial charge in [0.1, 0.15) is 6.04 Å². The van der Waals surface area contributed by atoms with Crippen LogP contribution in [0.3, 0.4) is 0 Å². The summed E-state index contributed by atoms with van der Waals surface area (Å²) in [5.74, 6) is -1.42. The number of carboxylic acid groups (broad SMARTS) is 1. The second kappa shape index (κ2) is 5.59. The highest BCUT2D eigenvalue weighted by atomic mass is 16.4. The van der Waals surface area contributed by atoms with Crippen LogP contribution in [0.1, 0.15) is 27.2 Å². The predicted molar refractivity (Wildman–Crippen MR) is 52.7 cm³/mol. The quantitative estimate of drug-likeness (QED) is 0.582. The molecule has 0 aliphatic heterocycles. The van der Waals surface area contributed by atoms with Crippen LogP contribution in [-0.2, 0) is 9.59 Å². The first-order valence-electron chi connectivity index (χ1n) is 4.68. The van der Waals surface area contributed by atoms with Crippen molar-refractivity contribution in [3.63, 3.8) is 0 Å². The van der Waals surface area contributed by atoms with Gasteiger partial charge < -0.3 is 16.2 Å². The summed E-state index contributed by atoms with van der Waals surface area (Å²) in [5, 5.41) is 10.9. The van der Waals surface area contributed by atoms with E-state index >= 15 is 0 Å². The summed E-state index contributed by atoms with van der Waals surface area (Å²) in [4.78, 5) is 21.8. The molecule has 0 saturated heterocycles. The number of carboxylic acids is 1. The third-order valence-corrected chi connectivity index (χ3v) is 2.29. The smallest absolute Gasteiger partial charge is 0.325 e. The molecule has 1 amide bonds. The summed E-state index contributed by atoms with van der Waals surface area (Å²) in [6.45, 7) is 5.19. The van der Waals surface area contributed by atoms with E-state index in [2.05, 4.69) is 5.32 Å². The van der Waals surface area contributed by atoms with Crippen molar-refractivity contribution in [2.45, 2.75) is 39.3 Å². The number of hydrogen-bond donors (Lipinski definition) is 3. The number of carbonyl (C=O) groups excluding carboxylic acids is 1. The van der Waals surface area contributed by atoms with Crippen LogP contribution >= 0.6 is 0 Å². The molecule has 0 aromatic heterocycles. The number of nitrogens with one attached hydrogen (secondary N) is 1. The van der Waals surface area contributed by atoms with Crippen LogP contribution in [0.25, 0.3) is 0 Å². The fourth-order valence-electron chi connectivity index (χ4n) is 0.884. The van der Waals surface area contributed by atoms with Crippen LogP contribution in [0.15, 0.2) is 0 Å². The van der Waals surface area contributed by atoms with E-state index in [0.717, 1.165) is 6.42 Å². The summed E-state index contributed by atoms with van der Waals surface area (Å²) in [6.07, 6.45) is 0.788. The van der Waals surface area contributed by atoms with Gasteiger partial charge in [0.15, 0.2) is 0 Å². The molecule has 0 rings (SSSR count). The zero-order valence-corrected chi connectivity index (χ0v) is 8.78. The topological polar surface area (TPSA) is 92.4 Å². The van der Waals surface area contributed by atoms with Gasteiger partial charge in [-0.2, -0.15) is 0 Å². The Morgan fingerprint density at radius 2 is 1.93 bits per heavy atom. The lowest BCUT2D eigenvalue weighted by molar-refractivity contribution is -0.141. The Morgan fingerprint density at radius 3 is 2.29 bits per heavy atom. The molecule has 0 aromatic rings. The number of amides is 1. The molecule has 4 N–H and O–H groups in total. The standard InChI is InChI=1S/C9H18N2O3/c1-4-5(2)7(10)8(12)11-6(3)9(13)14/h5-7H,4,10H2,1-3H3,(H,11,12)(H,13,14)/t5?,6-,7-/m0/s1. The van der Waals surface area contributed by atoms with Crippen molar-refractivity contribution in [1.82, 2.24) is 5.32 Å². The lowest BCUT2D eigenvalue weighted by Gasteiger charge is -2.19. The number of carbonyl (C=O) groups is 2. The van der Waals surface area contributed by atoms with Gasteiger partial charge in [-0.15, -0.1) is 0 Å². The van der Waals surface area contributed by atoms with Gasteiger partial charge in [-0.1, -0.05) is 20.3 Å². The van der Waals surface area contributed by atoms with Crippen LogP contribution in [-0.4, -0.2) is 29.1 Å². The average molecular weight is 202 g/mol. The van der Waals surface area contributed by atoms with Gasteiger partial charge in [0, 0.05) is 0 Å². The van der Waals surface area contributed by atoms with E-state index in [9.17, 15) is 9.59 Å². The fraction of sp³-hybridized carbons (Fsp3) is 0.778. The van der Waals surface area contributed by atoms with Gasteiger partial charge in [-0.25, -0.2) is 0 Å². The minimum atomic E-state index is -1.06. The Balaban J connectivity index is 4.14. The van der Waals surface area contributed by atoms with E-state index in [4.69, 9.17) is 10.8 Å². The minimum absolute atomic E-state index is 0.0518. The van der Waals surface area contributed by atoms with Crippen LogP contribution in [0.2, 0.25) is 0 Å². The van der Waals surface area contributed by atoms with E-state index in [1.54, 1.807) is 0 Å². The second-order valence-electron chi connectivity index (χ2n) is 3.48. The molecule has 0 spiro atoms. The number of rotatable bonds is 5. The molecular weight excluding hydrogens is 184 g/mol. The SMILES string of the molecule is CCC(C)[C@H](N)C(=O)N[C@@H](C)C(=O)O. The molecule has 5 heteroatoms. The van der Waals surface area contributed by atoms with Crippen LogP contribution < -0.4 is 11.1 Å². The van der Waals surface area contributed by atoms with E-state index in [-0.39, 0.29) is 5.92 Å². The van der Waals surface area contributed by atoms with Gasteiger partial charge in [0.05, 0.1) is 6.04 Å². The Morgan fingerprint density at radius 1 is 1.43 bits per heavy atom. The van der Waals surface area contributed by atoms with E-state index in [0.29, 0.717) is 0 Å². The van der Waals surface area contributed by atoms with Crippen LogP contribution in [0.5, 0.6) is 0 Å². The van der Waals surface area contributed by atoms with Crippen molar-refractivity contribution in [3.05, 3.63) is 0 Å². The largest absolute Gasteiger partial charge is 0.480 e. The summed E-state index contributed by atoms with van der Waals surface area (Å²) in [6, 6.07) is -1.53. The first-order chi connectivity index (χ1) is 6.40. The molecule has 0 bridgehead atoms. The molecule has 0 fully saturated rings. The van der Waals surface area contributed by atoms with Crippen molar-refractivity contribution >= 4 is 11.9 Å². The Hall–Kier alpha value is -1.10. The summed E-state index contributed by atoms with van der Waals surface area (Å²) in [5.41, 5.74) is 5.61. The van der Waals surface area contributed by atoms with Gasteiger partial charge in [0.2, 0.25) is 5.91 Å². The maximum absolute atomic E-state index is 11.4. The van der Waals surface area contributed by atoms with Crippen molar-refractivity contribution in [1.29, 1.82) is 0 Å². The zero-order valence-electron chi connectivity index (χ0n) is 8.78. The lowest BCUT2D eigenvalue weighted by atomic mass is 9.99. The van der Waals surface area contributed by atoms with Gasteiger partial charge in [-0.3, -0.25) is 9.59 Å². The summed E-state index contributed by atoms with van der Waals surface area (Å²) < 4.78 is 0. The molecule has 5 nitrogen and oxygen atoms in total. The molecule has 0 aliphatic rings. The molecule has 82 valence electrons. The third-order valence-electron chi connectivity index (χ3n) is 2.29. The maximum Gasteiger partial charge on any atom is 0.325 e. The van der Waals surface area contributed by atoms with Crippen LogP contribution in [0.4, 0.5) is 0 Å². The van der Waals surface area contributed by atoms with E-state index < -0.39 is 24.0 Å². The third kappa shape index (κ3) is 3.74. The molecule has 0 aliphatic carbocycles. The first kappa shape index (κ1) is 12.9. The van der Waals surface area contributed by atoms with Gasteiger partial charge in [0.25, 0.3) is 0 Å². The summed E-state index contributed by atoms with van der Waals surface area (Å²) >= 11 is 0.